The number of hydrogen-bond acceptors (Lipinski definition) is 8. The summed E-state index contributed by atoms with van der Waals surface area (Å²) in [6, 6.07) is 34.3. The van der Waals surface area contributed by atoms with Gasteiger partial charge in [-0.3, -0.25) is 4.72 Å². The molecule has 2 N–H and O–H groups in total. The van der Waals surface area contributed by atoms with E-state index in [1.54, 1.807) is 23.1 Å². The minimum atomic E-state index is -1.01. The van der Waals surface area contributed by atoms with Crippen LogP contribution in [0.25, 0.3) is 11.3 Å². The summed E-state index contributed by atoms with van der Waals surface area (Å²) in [5.41, 5.74) is 5.21. The first kappa shape index (κ1) is 35.9. The molecule has 10 heteroatoms. The van der Waals surface area contributed by atoms with Gasteiger partial charge in [-0.1, -0.05) is 84.9 Å². The van der Waals surface area contributed by atoms with Crippen molar-refractivity contribution in [1.82, 2.24) is 14.9 Å². The van der Waals surface area contributed by atoms with Gasteiger partial charge in [0.15, 0.2) is 0 Å². The zero-order chi connectivity index (χ0) is 35.7. The van der Waals surface area contributed by atoms with E-state index in [9.17, 15) is 14.7 Å². The summed E-state index contributed by atoms with van der Waals surface area (Å²) in [7, 11) is 0. The van der Waals surface area contributed by atoms with Crippen LogP contribution in [-0.2, 0) is 17.7 Å². The largest absolute Gasteiger partial charge is 0.478 e. The monoisotopic (exact) mass is 690 g/mol. The third-order valence-electron chi connectivity index (χ3n) is 7.67. The fourth-order valence-corrected chi connectivity index (χ4v) is 6.08. The number of rotatable bonds is 13. The van der Waals surface area contributed by atoms with Crippen LogP contribution in [0.4, 0.5) is 10.7 Å². The number of anilines is 1. The lowest BCUT2D eigenvalue weighted by Crippen LogP contribution is -2.43. The average Bonchev–Trinajstić information content (AvgIpc) is 3.07. The van der Waals surface area contributed by atoms with E-state index in [-0.39, 0.29) is 18.1 Å². The Morgan fingerprint density at radius 2 is 1.48 bits per heavy atom. The Balaban J connectivity index is 1.51. The normalized spacial score (nSPS) is 11.8. The van der Waals surface area contributed by atoms with Crippen molar-refractivity contribution in [3.63, 3.8) is 0 Å². The summed E-state index contributed by atoms with van der Waals surface area (Å²) in [4.78, 5) is 37.1. The van der Waals surface area contributed by atoms with E-state index in [0.29, 0.717) is 29.4 Å². The van der Waals surface area contributed by atoms with Gasteiger partial charge < -0.3 is 19.5 Å². The third-order valence-corrected chi connectivity index (χ3v) is 8.44. The van der Waals surface area contributed by atoms with Crippen LogP contribution in [0.3, 0.4) is 0 Å². The van der Waals surface area contributed by atoms with Gasteiger partial charge in [-0.2, -0.15) is 4.98 Å². The van der Waals surface area contributed by atoms with Crippen LogP contribution in [0.2, 0.25) is 0 Å². The quantitative estimate of drug-likeness (QED) is 0.117. The molecule has 5 rings (SSSR count). The van der Waals surface area contributed by atoms with Gasteiger partial charge in [-0.15, -0.1) is 0 Å². The summed E-state index contributed by atoms with van der Waals surface area (Å²) in [5, 5.41) is 9.47. The Morgan fingerprint density at radius 1 is 0.840 bits per heavy atom. The molecule has 4 aromatic carbocycles. The Morgan fingerprint density at radius 3 is 2.12 bits per heavy atom. The summed E-state index contributed by atoms with van der Waals surface area (Å²) >= 11 is 1.21. The molecule has 50 heavy (non-hydrogen) atoms. The van der Waals surface area contributed by atoms with Crippen molar-refractivity contribution >= 4 is 30.0 Å². The number of carboxylic acid groups (broad SMARTS) is 1. The molecule has 0 aliphatic rings. The fourth-order valence-electron chi connectivity index (χ4n) is 5.45. The van der Waals surface area contributed by atoms with Crippen LogP contribution in [0.5, 0.6) is 5.88 Å². The maximum absolute atomic E-state index is 13.6. The number of ether oxygens (including phenoxy) is 2. The van der Waals surface area contributed by atoms with Crippen molar-refractivity contribution in [2.24, 2.45) is 0 Å². The van der Waals surface area contributed by atoms with Crippen LogP contribution in [0.15, 0.2) is 114 Å². The van der Waals surface area contributed by atoms with E-state index in [1.165, 1.54) is 11.9 Å². The molecular weight excluding hydrogens is 649 g/mol. The van der Waals surface area contributed by atoms with Crippen LogP contribution < -0.4 is 9.46 Å². The molecule has 1 heterocycles. The Labute approximate surface area is 297 Å². The van der Waals surface area contributed by atoms with E-state index in [1.807, 2.05) is 126 Å². The molecule has 0 fully saturated rings. The van der Waals surface area contributed by atoms with Crippen molar-refractivity contribution in [1.29, 1.82) is 0 Å². The number of aromatic nitrogens is 2. The number of carbonyl (C=O) groups excluding carboxylic acids is 1. The predicted octanol–water partition coefficient (Wildman–Crippen LogP) is 9.01. The second kappa shape index (κ2) is 16.4. The zero-order valence-electron chi connectivity index (χ0n) is 28.9. The Hall–Kier alpha value is -5.35. The lowest BCUT2D eigenvalue weighted by atomic mass is 10.00. The number of aryl methyl sites for hydroxylation is 2. The number of carbonyl (C=O) groups is 2. The number of hydrogen-bond donors (Lipinski definition) is 2. The first-order chi connectivity index (χ1) is 23.9. The van der Waals surface area contributed by atoms with Crippen LogP contribution in [-0.4, -0.2) is 50.3 Å². The Bertz CT molecular complexity index is 1890. The maximum Gasteiger partial charge on any atom is 0.410 e. The smallest absolute Gasteiger partial charge is 0.410 e. The molecule has 5 aromatic rings. The molecule has 1 atom stereocenters. The highest BCUT2D eigenvalue weighted by atomic mass is 32.2. The van der Waals surface area contributed by atoms with Gasteiger partial charge >= 0.3 is 12.1 Å². The highest BCUT2D eigenvalue weighted by molar-refractivity contribution is 8.00. The van der Waals surface area contributed by atoms with Crippen LogP contribution in [0, 0.1) is 13.8 Å². The molecule has 258 valence electrons. The average molecular weight is 691 g/mol. The highest BCUT2D eigenvalue weighted by Crippen LogP contribution is 2.31. The Kier molecular flexibility index (Phi) is 11.8. The summed E-state index contributed by atoms with van der Waals surface area (Å²) in [5.74, 6) is -0.393. The third kappa shape index (κ3) is 10.3. The van der Waals surface area contributed by atoms with E-state index < -0.39 is 23.8 Å². The van der Waals surface area contributed by atoms with Gasteiger partial charge in [0.05, 0.1) is 17.8 Å². The number of aromatic carboxylic acids is 1. The van der Waals surface area contributed by atoms with E-state index in [2.05, 4.69) is 4.72 Å². The first-order valence-corrected chi connectivity index (χ1v) is 17.2. The van der Waals surface area contributed by atoms with Gasteiger partial charge in [0, 0.05) is 29.5 Å². The second-order valence-electron chi connectivity index (χ2n) is 13.0. The zero-order valence-corrected chi connectivity index (χ0v) is 29.7. The minimum Gasteiger partial charge on any atom is -0.478 e. The number of carboxylic acids is 1. The van der Waals surface area contributed by atoms with Gasteiger partial charge in [0.25, 0.3) is 0 Å². The second-order valence-corrected chi connectivity index (χ2v) is 13.9. The predicted molar refractivity (Wildman–Crippen MR) is 197 cm³/mol. The first-order valence-electron chi connectivity index (χ1n) is 16.4. The summed E-state index contributed by atoms with van der Waals surface area (Å²) in [6.07, 6.45) is -0.455. The van der Waals surface area contributed by atoms with Crippen molar-refractivity contribution in [2.45, 2.75) is 64.2 Å². The molecule has 0 saturated carbocycles. The number of nitrogens with zero attached hydrogens (tertiary/aromatic N) is 3. The van der Waals surface area contributed by atoms with Crippen LogP contribution in [0.1, 0.15) is 53.4 Å². The lowest BCUT2D eigenvalue weighted by Gasteiger charge is -2.30. The number of amides is 1. The number of benzene rings is 4. The van der Waals surface area contributed by atoms with Gasteiger partial charge in [0.1, 0.15) is 11.7 Å². The van der Waals surface area contributed by atoms with Crippen molar-refractivity contribution in [2.75, 3.05) is 11.3 Å². The van der Waals surface area contributed by atoms with E-state index >= 15 is 0 Å². The van der Waals surface area contributed by atoms with Gasteiger partial charge in [-0.05, 0) is 87.0 Å². The fraction of sp³-hybridized carbons (Fsp3) is 0.250. The van der Waals surface area contributed by atoms with E-state index in [4.69, 9.17) is 19.4 Å². The van der Waals surface area contributed by atoms with Crippen molar-refractivity contribution < 1.29 is 24.2 Å². The number of nitrogens with one attached hydrogen (secondary N) is 1. The molecule has 1 amide bonds. The molecule has 0 saturated heterocycles. The summed E-state index contributed by atoms with van der Waals surface area (Å²) < 4.78 is 15.8. The maximum atomic E-state index is 13.6. The van der Waals surface area contributed by atoms with Crippen molar-refractivity contribution in [3.05, 3.63) is 137 Å². The molecule has 0 aliphatic carbocycles. The SMILES string of the molecule is Cc1cccc(C)c1-c1cc(O[C@H](Cc2ccccc2)CN(Cc2ccccc2)C(=O)OC(C)(C)C)nc(NSc2cccc(C(=O)O)c2)n1. The minimum absolute atomic E-state index is 0.180. The van der Waals surface area contributed by atoms with E-state index in [0.717, 1.165) is 27.8 Å². The highest BCUT2D eigenvalue weighted by Gasteiger charge is 2.27. The molecule has 9 nitrogen and oxygen atoms in total. The van der Waals surface area contributed by atoms with Gasteiger partial charge in [0.2, 0.25) is 11.8 Å². The molecule has 0 unspecified atom stereocenters. The van der Waals surface area contributed by atoms with Crippen LogP contribution >= 0.6 is 11.9 Å². The molecule has 0 bridgehead atoms. The molecular formula is C40H42N4O5S. The standard InChI is InChI=1S/C40H42N4O5S/c1-27-14-12-15-28(2)36(27)34-24-35(42-38(41-34)43-50-33-21-13-20-31(23-33)37(45)46)48-32(22-29-16-8-6-9-17-29)26-44(39(47)49-40(3,4)5)25-30-18-10-7-11-19-30/h6-21,23-24,32H,22,25-26H2,1-5H3,(H,45,46)(H,41,42,43)/t32-/m1/s1. The van der Waals surface area contributed by atoms with Crippen molar-refractivity contribution in [3.8, 4) is 17.1 Å². The topological polar surface area (TPSA) is 114 Å². The lowest BCUT2D eigenvalue weighted by molar-refractivity contribution is 0.0146. The summed E-state index contributed by atoms with van der Waals surface area (Å²) in [6.45, 7) is 10.2. The molecule has 0 aliphatic heterocycles. The molecule has 1 aromatic heterocycles. The molecule has 0 radical (unpaired) electrons. The molecule has 0 spiro atoms. The van der Waals surface area contributed by atoms with Gasteiger partial charge in [-0.25, -0.2) is 14.6 Å².